The van der Waals surface area contributed by atoms with Crippen LogP contribution in [0, 0.1) is 5.92 Å². The van der Waals surface area contributed by atoms with Crippen LogP contribution in [0.15, 0.2) is 0 Å². The molecule has 0 radical (unpaired) electrons. The summed E-state index contributed by atoms with van der Waals surface area (Å²) in [7, 11) is 2.15. The first kappa shape index (κ1) is 17.8. The molecule has 1 rings (SSSR count). The molecule has 1 fully saturated rings. The van der Waals surface area contributed by atoms with Crippen molar-refractivity contribution in [2.75, 3.05) is 26.7 Å². The van der Waals surface area contributed by atoms with Crippen LogP contribution in [0.4, 0.5) is 4.79 Å². The SMILES string of the molecule is CC(CCCC(=O)O)NC(=O)NCCC1CCN(C)CC1. The molecule has 2 amide bonds. The van der Waals surface area contributed by atoms with Gasteiger partial charge in [0.1, 0.15) is 0 Å². The van der Waals surface area contributed by atoms with E-state index < -0.39 is 5.97 Å². The largest absolute Gasteiger partial charge is 0.481 e. The molecule has 6 heteroatoms. The number of piperidine rings is 1. The van der Waals surface area contributed by atoms with Crippen molar-refractivity contribution in [3.63, 3.8) is 0 Å². The van der Waals surface area contributed by atoms with Gasteiger partial charge in [-0.25, -0.2) is 4.79 Å². The van der Waals surface area contributed by atoms with E-state index in [0.29, 0.717) is 19.4 Å². The van der Waals surface area contributed by atoms with Crippen LogP contribution in [-0.4, -0.2) is 54.7 Å². The summed E-state index contributed by atoms with van der Waals surface area (Å²) in [6, 6.07) is -0.140. The Balaban J connectivity index is 2.04. The smallest absolute Gasteiger partial charge is 0.314 e. The number of urea groups is 1. The molecule has 1 atom stereocenters. The lowest BCUT2D eigenvalue weighted by Crippen LogP contribution is -2.41. The number of nitrogens with zero attached hydrogens (tertiary/aromatic N) is 1. The first-order valence-corrected chi connectivity index (χ1v) is 7.92. The number of rotatable bonds is 8. The van der Waals surface area contributed by atoms with Crippen molar-refractivity contribution in [1.82, 2.24) is 15.5 Å². The molecule has 0 aromatic heterocycles. The topological polar surface area (TPSA) is 81.7 Å². The number of aliphatic carboxylic acids is 1. The molecule has 0 bridgehead atoms. The number of carbonyl (C=O) groups excluding carboxylic acids is 1. The fourth-order valence-electron chi connectivity index (χ4n) is 2.65. The zero-order valence-electron chi connectivity index (χ0n) is 13.2. The van der Waals surface area contributed by atoms with Gasteiger partial charge in [0.2, 0.25) is 0 Å². The van der Waals surface area contributed by atoms with Gasteiger partial charge in [0.15, 0.2) is 0 Å². The number of likely N-dealkylation sites (tertiary alicyclic amines) is 1. The van der Waals surface area contributed by atoms with Crippen molar-refractivity contribution in [3.05, 3.63) is 0 Å². The van der Waals surface area contributed by atoms with Gasteiger partial charge in [-0.1, -0.05) is 0 Å². The number of amides is 2. The van der Waals surface area contributed by atoms with Crippen LogP contribution < -0.4 is 10.6 Å². The normalized spacial score (nSPS) is 18.2. The molecule has 1 aliphatic heterocycles. The number of hydrogen-bond donors (Lipinski definition) is 3. The summed E-state index contributed by atoms with van der Waals surface area (Å²) in [6.45, 7) is 4.91. The van der Waals surface area contributed by atoms with E-state index in [1.54, 1.807) is 0 Å². The lowest BCUT2D eigenvalue weighted by Gasteiger charge is -2.28. The Hall–Kier alpha value is -1.30. The standard InChI is InChI=1S/C15H29N3O3/c1-12(4-3-5-14(19)20)17-15(21)16-9-6-13-7-10-18(2)11-8-13/h12-13H,3-11H2,1-2H3,(H,19,20)(H2,16,17,21). The Kier molecular flexibility index (Phi) is 8.12. The average Bonchev–Trinajstić information content (AvgIpc) is 2.40. The summed E-state index contributed by atoms with van der Waals surface area (Å²) in [6.07, 6.45) is 4.90. The maximum absolute atomic E-state index is 11.7. The summed E-state index contributed by atoms with van der Waals surface area (Å²) in [5, 5.41) is 14.3. The predicted molar refractivity (Wildman–Crippen MR) is 82.3 cm³/mol. The average molecular weight is 299 g/mol. The zero-order chi connectivity index (χ0) is 15.7. The predicted octanol–water partition coefficient (Wildman–Crippen LogP) is 1.66. The molecule has 1 unspecified atom stereocenters. The van der Waals surface area contributed by atoms with Crippen LogP contribution in [0.25, 0.3) is 0 Å². The van der Waals surface area contributed by atoms with Crippen molar-refractivity contribution in [3.8, 4) is 0 Å². The van der Waals surface area contributed by atoms with Crippen LogP contribution in [-0.2, 0) is 4.79 Å². The van der Waals surface area contributed by atoms with Gasteiger partial charge in [0, 0.05) is 19.0 Å². The molecule has 21 heavy (non-hydrogen) atoms. The zero-order valence-corrected chi connectivity index (χ0v) is 13.2. The molecule has 0 aliphatic carbocycles. The summed E-state index contributed by atoms with van der Waals surface area (Å²) < 4.78 is 0. The van der Waals surface area contributed by atoms with Gasteiger partial charge in [-0.2, -0.15) is 0 Å². The third kappa shape index (κ3) is 8.55. The van der Waals surface area contributed by atoms with Gasteiger partial charge in [-0.3, -0.25) is 4.79 Å². The van der Waals surface area contributed by atoms with Crippen molar-refractivity contribution >= 4 is 12.0 Å². The summed E-state index contributed by atoms with van der Waals surface area (Å²) in [5.41, 5.74) is 0. The highest BCUT2D eigenvalue weighted by Gasteiger charge is 2.16. The van der Waals surface area contributed by atoms with Gasteiger partial charge in [-0.05, 0) is 65.1 Å². The van der Waals surface area contributed by atoms with E-state index in [-0.39, 0.29) is 18.5 Å². The van der Waals surface area contributed by atoms with E-state index in [2.05, 4.69) is 22.6 Å². The summed E-state index contributed by atoms with van der Waals surface area (Å²) >= 11 is 0. The monoisotopic (exact) mass is 299 g/mol. The van der Waals surface area contributed by atoms with E-state index in [1.165, 1.54) is 12.8 Å². The highest BCUT2D eigenvalue weighted by Crippen LogP contribution is 2.18. The van der Waals surface area contributed by atoms with Crippen LogP contribution >= 0.6 is 0 Å². The first-order valence-electron chi connectivity index (χ1n) is 7.92. The molecular formula is C15H29N3O3. The van der Waals surface area contributed by atoms with Crippen LogP contribution in [0.3, 0.4) is 0 Å². The van der Waals surface area contributed by atoms with Gasteiger partial charge >= 0.3 is 12.0 Å². The van der Waals surface area contributed by atoms with E-state index in [1.807, 2.05) is 6.92 Å². The molecular weight excluding hydrogens is 270 g/mol. The Morgan fingerprint density at radius 2 is 2.00 bits per heavy atom. The van der Waals surface area contributed by atoms with E-state index in [9.17, 15) is 9.59 Å². The summed E-state index contributed by atoms with van der Waals surface area (Å²) in [4.78, 5) is 24.5. The van der Waals surface area contributed by atoms with Crippen LogP contribution in [0.5, 0.6) is 0 Å². The maximum atomic E-state index is 11.7. The molecule has 1 heterocycles. The van der Waals surface area contributed by atoms with E-state index in [4.69, 9.17) is 5.11 Å². The minimum Gasteiger partial charge on any atom is -0.481 e. The quantitative estimate of drug-likeness (QED) is 0.636. The van der Waals surface area contributed by atoms with Crippen LogP contribution in [0.1, 0.15) is 45.4 Å². The molecule has 3 N–H and O–H groups in total. The lowest BCUT2D eigenvalue weighted by atomic mass is 9.94. The third-order valence-corrected chi connectivity index (χ3v) is 4.08. The minimum absolute atomic E-state index is 0.00711. The van der Waals surface area contributed by atoms with Gasteiger partial charge in [0.25, 0.3) is 0 Å². The molecule has 122 valence electrons. The van der Waals surface area contributed by atoms with Crippen molar-refractivity contribution in [1.29, 1.82) is 0 Å². The first-order chi connectivity index (χ1) is 9.97. The second-order valence-corrected chi connectivity index (χ2v) is 6.12. The Morgan fingerprint density at radius 1 is 1.33 bits per heavy atom. The minimum atomic E-state index is -0.787. The highest BCUT2D eigenvalue weighted by molar-refractivity contribution is 5.74. The molecule has 1 saturated heterocycles. The number of carboxylic acid groups (broad SMARTS) is 1. The van der Waals surface area contributed by atoms with Crippen molar-refractivity contribution in [2.45, 2.75) is 51.5 Å². The van der Waals surface area contributed by atoms with Crippen molar-refractivity contribution < 1.29 is 14.7 Å². The van der Waals surface area contributed by atoms with E-state index in [0.717, 1.165) is 25.4 Å². The fraction of sp³-hybridized carbons (Fsp3) is 0.867. The lowest BCUT2D eigenvalue weighted by molar-refractivity contribution is -0.137. The second kappa shape index (κ2) is 9.60. The number of carboxylic acids is 1. The maximum Gasteiger partial charge on any atom is 0.314 e. The van der Waals surface area contributed by atoms with Gasteiger partial charge < -0.3 is 20.6 Å². The number of hydrogen-bond acceptors (Lipinski definition) is 3. The van der Waals surface area contributed by atoms with Gasteiger partial charge in [0.05, 0.1) is 0 Å². The molecule has 0 saturated carbocycles. The molecule has 6 nitrogen and oxygen atoms in total. The third-order valence-electron chi connectivity index (χ3n) is 4.08. The van der Waals surface area contributed by atoms with Crippen molar-refractivity contribution in [2.24, 2.45) is 5.92 Å². The fourth-order valence-corrected chi connectivity index (χ4v) is 2.65. The molecule has 0 spiro atoms. The van der Waals surface area contributed by atoms with Gasteiger partial charge in [-0.15, -0.1) is 0 Å². The second-order valence-electron chi connectivity index (χ2n) is 6.12. The molecule has 0 aromatic rings. The summed E-state index contributed by atoms with van der Waals surface area (Å²) in [5.74, 6) is -0.0701. The Bertz CT molecular complexity index is 328. The molecule has 1 aliphatic rings. The number of nitrogens with one attached hydrogen (secondary N) is 2. The Labute approximate surface area is 127 Å². The number of carbonyl (C=O) groups is 2. The Morgan fingerprint density at radius 3 is 2.62 bits per heavy atom. The molecule has 0 aromatic carbocycles. The van der Waals surface area contributed by atoms with Crippen LogP contribution in [0.2, 0.25) is 0 Å². The highest BCUT2D eigenvalue weighted by atomic mass is 16.4. The van der Waals surface area contributed by atoms with E-state index >= 15 is 0 Å².